The summed E-state index contributed by atoms with van der Waals surface area (Å²) < 4.78 is 1.30. The van der Waals surface area contributed by atoms with Gasteiger partial charge in [-0.15, -0.1) is 0 Å². The Balaban J connectivity index is 3.03. The zero-order valence-corrected chi connectivity index (χ0v) is 12.5. The van der Waals surface area contributed by atoms with Crippen molar-refractivity contribution >= 4 is 0 Å². The molecule has 1 aliphatic heterocycles. The van der Waals surface area contributed by atoms with Crippen molar-refractivity contribution in [1.82, 2.24) is 0 Å². The Kier molecular flexibility index (Phi) is 4.45. The number of quaternary nitrogens is 1. The number of likely N-dealkylation sites (tertiary alicyclic amines) is 1. The molecule has 0 aliphatic carbocycles. The summed E-state index contributed by atoms with van der Waals surface area (Å²) in [5.74, 6) is 1.63. The minimum absolute atomic E-state index is 0.750. The van der Waals surface area contributed by atoms with E-state index >= 15 is 0 Å². The summed E-state index contributed by atoms with van der Waals surface area (Å²) in [7, 11) is 2.51. The molecule has 96 valence electrons. The standard InChI is InChI=1S/C15H32N/c1-11(2)14-9-8-10-15(12(3)4)16(14,7)13(5)6/h11-15H,8-10H2,1-7H3/q+1. The summed E-state index contributed by atoms with van der Waals surface area (Å²) in [5.41, 5.74) is 0. The number of hydrogen-bond donors (Lipinski definition) is 0. The Bertz CT molecular complexity index is 201. The van der Waals surface area contributed by atoms with E-state index in [0.29, 0.717) is 0 Å². The molecule has 0 spiro atoms. The third kappa shape index (κ3) is 2.30. The lowest BCUT2D eigenvalue weighted by Crippen LogP contribution is -2.67. The van der Waals surface area contributed by atoms with Gasteiger partial charge in [0.05, 0.1) is 25.2 Å². The van der Waals surface area contributed by atoms with E-state index in [2.05, 4.69) is 48.6 Å². The number of hydrogen-bond acceptors (Lipinski definition) is 0. The first kappa shape index (κ1) is 14.0. The lowest BCUT2D eigenvalue weighted by atomic mass is 9.80. The summed E-state index contributed by atoms with van der Waals surface area (Å²) in [6.07, 6.45) is 4.29. The molecule has 0 N–H and O–H groups in total. The van der Waals surface area contributed by atoms with Crippen LogP contribution in [0.15, 0.2) is 0 Å². The highest BCUT2D eigenvalue weighted by Crippen LogP contribution is 2.38. The minimum atomic E-state index is 0.750. The van der Waals surface area contributed by atoms with Gasteiger partial charge in [0, 0.05) is 11.8 Å². The lowest BCUT2D eigenvalue weighted by Gasteiger charge is -2.56. The van der Waals surface area contributed by atoms with Crippen molar-refractivity contribution < 1.29 is 4.48 Å². The predicted molar refractivity (Wildman–Crippen MR) is 72.4 cm³/mol. The van der Waals surface area contributed by atoms with Crippen LogP contribution >= 0.6 is 0 Å². The molecular formula is C15H32N+. The molecule has 0 amide bonds. The quantitative estimate of drug-likeness (QED) is 0.636. The second kappa shape index (κ2) is 5.08. The van der Waals surface area contributed by atoms with Crippen LogP contribution in [0.25, 0.3) is 0 Å². The third-order valence-electron chi connectivity index (χ3n) is 5.08. The van der Waals surface area contributed by atoms with Gasteiger partial charge in [0.25, 0.3) is 0 Å². The molecule has 0 radical (unpaired) electrons. The normalized spacial score (nSPS) is 36.4. The van der Waals surface area contributed by atoms with Crippen LogP contribution in [0.3, 0.4) is 0 Å². The largest absolute Gasteiger partial charge is 0.319 e. The summed E-state index contributed by atoms with van der Waals surface area (Å²) in [5, 5.41) is 0. The second-order valence-electron chi connectivity index (χ2n) is 6.87. The Morgan fingerprint density at radius 1 is 0.812 bits per heavy atom. The molecule has 1 saturated heterocycles. The average molecular weight is 226 g/mol. The first-order valence-electron chi connectivity index (χ1n) is 7.17. The van der Waals surface area contributed by atoms with Crippen LogP contribution in [0.4, 0.5) is 0 Å². The van der Waals surface area contributed by atoms with E-state index < -0.39 is 0 Å². The highest BCUT2D eigenvalue weighted by molar-refractivity contribution is 4.78. The van der Waals surface area contributed by atoms with Gasteiger partial charge in [0.1, 0.15) is 0 Å². The van der Waals surface area contributed by atoms with Crippen molar-refractivity contribution in [2.45, 2.75) is 78.9 Å². The molecule has 1 heterocycles. The van der Waals surface area contributed by atoms with Crippen molar-refractivity contribution in [3.63, 3.8) is 0 Å². The molecule has 0 aromatic heterocycles. The van der Waals surface area contributed by atoms with Crippen LogP contribution in [-0.2, 0) is 0 Å². The second-order valence-corrected chi connectivity index (χ2v) is 6.87. The Morgan fingerprint density at radius 2 is 1.19 bits per heavy atom. The van der Waals surface area contributed by atoms with E-state index in [1.807, 2.05) is 0 Å². The van der Waals surface area contributed by atoms with Crippen LogP contribution in [0.2, 0.25) is 0 Å². The fourth-order valence-electron chi connectivity index (χ4n) is 4.06. The zero-order chi connectivity index (χ0) is 12.5. The van der Waals surface area contributed by atoms with Gasteiger partial charge in [0.15, 0.2) is 0 Å². The molecule has 1 nitrogen and oxygen atoms in total. The maximum atomic E-state index is 2.51. The van der Waals surface area contributed by atoms with Crippen LogP contribution in [0, 0.1) is 11.8 Å². The molecule has 0 saturated carbocycles. The van der Waals surface area contributed by atoms with E-state index in [1.165, 1.54) is 23.7 Å². The number of rotatable bonds is 3. The molecule has 0 aromatic carbocycles. The van der Waals surface area contributed by atoms with Crippen molar-refractivity contribution in [2.75, 3.05) is 7.05 Å². The molecule has 16 heavy (non-hydrogen) atoms. The summed E-state index contributed by atoms with van der Waals surface area (Å²) in [4.78, 5) is 0. The van der Waals surface area contributed by atoms with Gasteiger partial charge in [0.2, 0.25) is 0 Å². The monoisotopic (exact) mass is 226 g/mol. The van der Waals surface area contributed by atoms with E-state index in [9.17, 15) is 0 Å². The van der Waals surface area contributed by atoms with Gasteiger partial charge in [-0.25, -0.2) is 0 Å². The maximum Gasteiger partial charge on any atom is 0.0915 e. The molecule has 0 bridgehead atoms. The number of nitrogens with zero attached hydrogens (tertiary/aromatic N) is 1. The van der Waals surface area contributed by atoms with Gasteiger partial charge in [-0.1, -0.05) is 27.7 Å². The third-order valence-corrected chi connectivity index (χ3v) is 5.08. The van der Waals surface area contributed by atoms with Gasteiger partial charge < -0.3 is 4.48 Å². The minimum Gasteiger partial charge on any atom is -0.319 e. The highest BCUT2D eigenvalue weighted by Gasteiger charge is 2.47. The fraction of sp³-hybridized carbons (Fsp3) is 1.00. The summed E-state index contributed by atoms with van der Waals surface area (Å²) >= 11 is 0. The Hall–Kier alpha value is -0.0400. The fourth-order valence-corrected chi connectivity index (χ4v) is 4.06. The molecule has 2 atom stereocenters. The first-order chi connectivity index (χ1) is 7.31. The van der Waals surface area contributed by atoms with Crippen LogP contribution in [0.1, 0.15) is 60.8 Å². The van der Waals surface area contributed by atoms with E-state index in [4.69, 9.17) is 0 Å². The summed E-state index contributed by atoms with van der Waals surface area (Å²) in [6, 6.07) is 2.47. The van der Waals surface area contributed by atoms with Crippen molar-refractivity contribution in [3.8, 4) is 0 Å². The van der Waals surface area contributed by atoms with Crippen molar-refractivity contribution in [3.05, 3.63) is 0 Å². The topological polar surface area (TPSA) is 0 Å². The van der Waals surface area contributed by atoms with Gasteiger partial charge in [-0.2, -0.15) is 0 Å². The van der Waals surface area contributed by atoms with Crippen LogP contribution < -0.4 is 0 Å². The van der Waals surface area contributed by atoms with E-state index in [1.54, 1.807) is 0 Å². The van der Waals surface area contributed by atoms with Crippen molar-refractivity contribution in [2.24, 2.45) is 11.8 Å². The zero-order valence-electron chi connectivity index (χ0n) is 12.5. The van der Waals surface area contributed by atoms with Gasteiger partial charge >= 0.3 is 0 Å². The van der Waals surface area contributed by atoms with Gasteiger partial charge in [-0.05, 0) is 33.1 Å². The highest BCUT2D eigenvalue weighted by atomic mass is 15.4. The summed E-state index contributed by atoms with van der Waals surface area (Å²) in [6.45, 7) is 14.5. The average Bonchev–Trinajstić information content (AvgIpc) is 2.16. The molecule has 1 fully saturated rings. The molecule has 0 aromatic rings. The Morgan fingerprint density at radius 3 is 1.44 bits per heavy atom. The smallest absolute Gasteiger partial charge is 0.0915 e. The molecule has 1 aliphatic rings. The first-order valence-corrected chi connectivity index (χ1v) is 7.17. The van der Waals surface area contributed by atoms with Crippen LogP contribution in [-0.4, -0.2) is 29.7 Å². The molecule has 2 unspecified atom stereocenters. The van der Waals surface area contributed by atoms with Gasteiger partial charge in [-0.3, -0.25) is 0 Å². The predicted octanol–water partition coefficient (Wildman–Crippen LogP) is 4.07. The van der Waals surface area contributed by atoms with E-state index in [-0.39, 0.29) is 0 Å². The van der Waals surface area contributed by atoms with Crippen molar-refractivity contribution in [1.29, 1.82) is 0 Å². The Labute approximate surface area is 103 Å². The van der Waals surface area contributed by atoms with Crippen LogP contribution in [0.5, 0.6) is 0 Å². The number of piperidine rings is 1. The SMILES string of the molecule is CC(C)C1CCCC(C(C)C)[N+]1(C)C(C)C. The lowest BCUT2D eigenvalue weighted by molar-refractivity contribution is -0.986. The molecule has 1 rings (SSSR count). The molecule has 1 heteroatoms. The molecular weight excluding hydrogens is 194 g/mol. The van der Waals surface area contributed by atoms with E-state index in [0.717, 1.165) is 30.0 Å². The maximum absolute atomic E-state index is 2.51.